The summed E-state index contributed by atoms with van der Waals surface area (Å²) in [6.07, 6.45) is 5.42. The van der Waals surface area contributed by atoms with Crippen LogP contribution in [0, 0.1) is 0 Å². The molecule has 1 rings (SSSR count). The number of aromatic nitrogens is 2. The van der Waals surface area contributed by atoms with Crippen LogP contribution in [0.5, 0.6) is 0 Å². The van der Waals surface area contributed by atoms with E-state index in [2.05, 4.69) is 28.8 Å². The second-order valence-corrected chi connectivity index (χ2v) is 3.80. The van der Waals surface area contributed by atoms with E-state index in [9.17, 15) is 0 Å². The predicted octanol–water partition coefficient (Wildman–Crippen LogP) is 2.48. The van der Waals surface area contributed by atoms with E-state index in [1.54, 1.807) is 12.5 Å². The molecule has 3 heteroatoms. The fraction of sp³-hybridized carbons (Fsp3) is 0.500. The van der Waals surface area contributed by atoms with Crippen molar-refractivity contribution in [2.24, 2.45) is 0 Å². The van der Waals surface area contributed by atoms with E-state index in [4.69, 9.17) is 0 Å². The van der Waals surface area contributed by atoms with E-state index in [0.717, 1.165) is 25.1 Å². The Bertz CT molecular complexity index is 295. The number of hydrogen-bond acceptors (Lipinski definition) is 3. The van der Waals surface area contributed by atoms with Crippen LogP contribution in [0.15, 0.2) is 30.7 Å². The van der Waals surface area contributed by atoms with Crippen molar-refractivity contribution >= 4 is 0 Å². The first kappa shape index (κ1) is 11.9. The Morgan fingerprint density at radius 1 is 1.60 bits per heavy atom. The van der Waals surface area contributed by atoms with Crippen LogP contribution in [0.3, 0.4) is 0 Å². The first-order valence-electron chi connectivity index (χ1n) is 5.37. The van der Waals surface area contributed by atoms with Crippen LogP contribution >= 0.6 is 0 Å². The zero-order chi connectivity index (χ0) is 11.1. The smallest absolute Gasteiger partial charge is 0.115 e. The molecule has 1 heterocycles. The lowest BCUT2D eigenvalue weighted by Gasteiger charge is -2.17. The minimum Gasteiger partial charge on any atom is -0.308 e. The van der Waals surface area contributed by atoms with Crippen LogP contribution in [0.25, 0.3) is 0 Å². The molecule has 1 atom stereocenters. The molecule has 1 aromatic rings. The summed E-state index contributed by atoms with van der Waals surface area (Å²) in [6, 6.07) is 2.22. The topological polar surface area (TPSA) is 37.8 Å². The Hall–Kier alpha value is -1.22. The van der Waals surface area contributed by atoms with Gasteiger partial charge < -0.3 is 5.32 Å². The molecule has 0 aliphatic rings. The SMILES string of the molecule is C=C(C)CC(NCCC)c1ccncn1. The Morgan fingerprint density at radius 2 is 2.40 bits per heavy atom. The standard InChI is InChI=1S/C12H19N3/c1-4-6-14-12(8-10(2)3)11-5-7-13-9-15-11/h5,7,9,12,14H,2,4,6,8H2,1,3H3. The quantitative estimate of drug-likeness (QED) is 0.725. The fourth-order valence-corrected chi connectivity index (χ4v) is 1.46. The lowest BCUT2D eigenvalue weighted by Crippen LogP contribution is -2.23. The first-order chi connectivity index (χ1) is 7.24. The molecule has 0 fully saturated rings. The van der Waals surface area contributed by atoms with Gasteiger partial charge in [-0.2, -0.15) is 0 Å². The molecule has 1 aromatic heterocycles. The summed E-state index contributed by atoms with van der Waals surface area (Å²) in [4.78, 5) is 8.20. The minimum atomic E-state index is 0.269. The number of hydrogen-bond donors (Lipinski definition) is 1. The molecule has 1 unspecified atom stereocenters. The van der Waals surface area contributed by atoms with Gasteiger partial charge in [0.1, 0.15) is 6.33 Å². The summed E-state index contributed by atoms with van der Waals surface area (Å²) in [7, 11) is 0. The van der Waals surface area contributed by atoms with Crippen LogP contribution < -0.4 is 5.32 Å². The van der Waals surface area contributed by atoms with Crippen LogP contribution in [0.1, 0.15) is 38.4 Å². The van der Waals surface area contributed by atoms with E-state index in [1.165, 1.54) is 5.57 Å². The molecule has 0 bridgehead atoms. The van der Waals surface area contributed by atoms with Gasteiger partial charge in [-0.3, -0.25) is 0 Å². The molecule has 0 aliphatic carbocycles. The van der Waals surface area contributed by atoms with E-state index in [1.807, 2.05) is 13.0 Å². The van der Waals surface area contributed by atoms with Crippen molar-refractivity contribution in [3.8, 4) is 0 Å². The monoisotopic (exact) mass is 205 g/mol. The highest BCUT2D eigenvalue weighted by molar-refractivity contribution is 5.08. The van der Waals surface area contributed by atoms with Crippen molar-refractivity contribution < 1.29 is 0 Å². The molecule has 0 aliphatic heterocycles. The summed E-state index contributed by atoms with van der Waals surface area (Å²) < 4.78 is 0. The van der Waals surface area contributed by atoms with Crippen LogP contribution in [-0.4, -0.2) is 16.5 Å². The van der Waals surface area contributed by atoms with E-state index in [-0.39, 0.29) is 6.04 Å². The predicted molar refractivity (Wildman–Crippen MR) is 62.5 cm³/mol. The van der Waals surface area contributed by atoms with Crippen molar-refractivity contribution in [2.45, 2.75) is 32.7 Å². The summed E-state index contributed by atoms with van der Waals surface area (Å²) in [5.41, 5.74) is 2.21. The van der Waals surface area contributed by atoms with Crippen molar-refractivity contribution in [2.75, 3.05) is 6.54 Å². The largest absolute Gasteiger partial charge is 0.308 e. The van der Waals surface area contributed by atoms with Crippen molar-refractivity contribution in [3.05, 3.63) is 36.4 Å². The summed E-state index contributed by atoms with van der Waals surface area (Å²) in [5, 5.41) is 3.47. The van der Waals surface area contributed by atoms with Crippen LogP contribution in [0.4, 0.5) is 0 Å². The van der Waals surface area contributed by atoms with E-state index < -0.39 is 0 Å². The molecule has 0 radical (unpaired) electrons. The van der Waals surface area contributed by atoms with Gasteiger partial charge in [-0.25, -0.2) is 9.97 Å². The average molecular weight is 205 g/mol. The van der Waals surface area contributed by atoms with Crippen molar-refractivity contribution in [1.82, 2.24) is 15.3 Å². The maximum absolute atomic E-state index is 4.27. The maximum atomic E-state index is 4.27. The Balaban J connectivity index is 2.67. The number of nitrogens with one attached hydrogen (secondary N) is 1. The molecule has 15 heavy (non-hydrogen) atoms. The first-order valence-corrected chi connectivity index (χ1v) is 5.37. The van der Waals surface area contributed by atoms with E-state index in [0.29, 0.717) is 0 Å². The summed E-state index contributed by atoms with van der Waals surface area (Å²) in [6.45, 7) is 9.15. The van der Waals surface area contributed by atoms with Crippen LogP contribution in [-0.2, 0) is 0 Å². The zero-order valence-electron chi connectivity index (χ0n) is 9.53. The van der Waals surface area contributed by atoms with Gasteiger partial charge in [0.15, 0.2) is 0 Å². The molecule has 3 nitrogen and oxygen atoms in total. The molecule has 1 N–H and O–H groups in total. The Kier molecular flexibility index (Phi) is 4.98. The normalized spacial score (nSPS) is 12.4. The molecule has 82 valence electrons. The molecular formula is C12H19N3. The Morgan fingerprint density at radius 3 is 2.93 bits per heavy atom. The molecule has 0 saturated carbocycles. The highest BCUT2D eigenvalue weighted by atomic mass is 14.9. The van der Waals surface area contributed by atoms with Gasteiger partial charge in [0, 0.05) is 6.20 Å². The third-order valence-electron chi connectivity index (χ3n) is 2.16. The van der Waals surface area contributed by atoms with Gasteiger partial charge in [-0.15, -0.1) is 6.58 Å². The van der Waals surface area contributed by atoms with Gasteiger partial charge in [-0.05, 0) is 32.4 Å². The Labute approximate surface area is 91.7 Å². The molecule has 0 spiro atoms. The number of nitrogens with zero attached hydrogens (tertiary/aromatic N) is 2. The molecule has 0 saturated heterocycles. The molecule has 0 amide bonds. The third kappa shape index (κ3) is 4.21. The second kappa shape index (κ2) is 6.30. The lowest BCUT2D eigenvalue weighted by atomic mass is 10.1. The van der Waals surface area contributed by atoms with Gasteiger partial charge in [0.25, 0.3) is 0 Å². The van der Waals surface area contributed by atoms with Crippen molar-refractivity contribution in [3.63, 3.8) is 0 Å². The highest BCUT2D eigenvalue weighted by Gasteiger charge is 2.11. The molecular weight excluding hydrogens is 186 g/mol. The van der Waals surface area contributed by atoms with Crippen LogP contribution in [0.2, 0.25) is 0 Å². The molecule has 0 aromatic carbocycles. The number of rotatable bonds is 6. The average Bonchev–Trinajstić information content (AvgIpc) is 2.25. The van der Waals surface area contributed by atoms with Crippen molar-refractivity contribution in [1.29, 1.82) is 0 Å². The highest BCUT2D eigenvalue weighted by Crippen LogP contribution is 2.17. The third-order valence-corrected chi connectivity index (χ3v) is 2.16. The summed E-state index contributed by atoms with van der Waals surface area (Å²) in [5.74, 6) is 0. The van der Waals surface area contributed by atoms with E-state index >= 15 is 0 Å². The van der Waals surface area contributed by atoms with Gasteiger partial charge in [0.05, 0.1) is 11.7 Å². The zero-order valence-corrected chi connectivity index (χ0v) is 9.53. The lowest BCUT2D eigenvalue weighted by molar-refractivity contribution is 0.515. The van der Waals surface area contributed by atoms with Gasteiger partial charge in [0.2, 0.25) is 0 Å². The van der Waals surface area contributed by atoms with Gasteiger partial charge >= 0.3 is 0 Å². The maximum Gasteiger partial charge on any atom is 0.115 e. The summed E-state index contributed by atoms with van der Waals surface area (Å²) >= 11 is 0. The minimum absolute atomic E-state index is 0.269. The second-order valence-electron chi connectivity index (χ2n) is 3.80. The fourth-order valence-electron chi connectivity index (χ4n) is 1.46. The van der Waals surface area contributed by atoms with Gasteiger partial charge in [-0.1, -0.05) is 12.5 Å².